The highest BCUT2D eigenvalue weighted by atomic mass is 16.3. The van der Waals surface area contributed by atoms with Gasteiger partial charge in [0.1, 0.15) is 5.29 Å². The summed E-state index contributed by atoms with van der Waals surface area (Å²) in [5.74, 6) is 39.1. The Morgan fingerprint density at radius 2 is 1.46 bits per heavy atom. The van der Waals surface area contributed by atoms with Crippen LogP contribution in [0.4, 0.5) is 16.4 Å². The van der Waals surface area contributed by atoms with Gasteiger partial charge < -0.3 is 15.5 Å². The predicted octanol–water partition coefficient (Wildman–Crippen LogP) is 6.53. The monoisotopic (exact) mass is 766 g/mol. The number of fused-ring (bicyclic) bond motifs is 1. The minimum atomic E-state index is 0. The number of carbonyl (C=O) groups is 1. The molecule has 296 valence electrons. The molecule has 4 heterocycles. The Morgan fingerprint density at radius 3 is 2.00 bits per heavy atom. The van der Waals surface area contributed by atoms with Crippen molar-refractivity contribution in [3.8, 4) is 108 Å². The lowest BCUT2D eigenvalue weighted by Crippen LogP contribution is -2.46. The second-order valence-corrected chi connectivity index (χ2v) is 9.87. The van der Waals surface area contributed by atoms with Crippen LogP contribution in [0.25, 0.3) is 11.0 Å². The minimum Gasteiger partial charge on any atom is -0.338 e. The van der Waals surface area contributed by atoms with E-state index in [4.69, 9.17) is 18.4 Å². The number of urea groups is 1. The molecule has 0 bridgehead atoms. The molecule has 1 saturated heterocycles. The van der Waals surface area contributed by atoms with Crippen LogP contribution in [0.1, 0.15) is 35.5 Å². The Bertz CT molecular complexity index is 2420. The van der Waals surface area contributed by atoms with E-state index in [1.54, 1.807) is 23.3 Å². The Balaban J connectivity index is -0.0000000926. The van der Waals surface area contributed by atoms with Crippen LogP contribution in [0.15, 0.2) is 66.6 Å². The number of hydrogen-bond donors (Lipinski definition) is 3. The second-order valence-electron chi connectivity index (χ2n) is 9.87. The summed E-state index contributed by atoms with van der Waals surface area (Å²) in [6, 6.07) is 0.0165. The highest BCUT2D eigenvalue weighted by Crippen LogP contribution is 2.21. The van der Waals surface area contributed by atoms with Gasteiger partial charge in [-0.3, -0.25) is 4.68 Å². The first-order valence-electron chi connectivity index (χ1n) is 15.7. The average molecular weight is 767 g/mol. The van der Waals surface area contributed by atoms with Crippen molar-refractivity contribution in [2.75, 3.05) is 25.0 Å². The molecular formula is C36H50N18O2. The van der Waals surface area contributed by atoms with Gasteiger partial charge in [-0.1, -0.05) is 0 Å². The molecule has 3 aromatic rings. The molecule has 1 atom stereocenters. The summed E-state index contributed by atoms with van der Waals surface area (Å²) in [4.78, 5) is 32.2. The van der Waals surface area contributed by atoms with Crippen molar-refractivity contribution in [3.63, 3.8) is 0 Å². The molecule has 0 spiro atoms. The van der Waals surface area contributed by atoms with Crippen LogP contribution >= 0.6 is 0 Å². The van der Waals surface area contributed by atoms with Crippen LogP contribution in [0.2, 0.25) is 0 Å². The van der Waals surface area contributed by atoms with Gasteiger partial charge in [-0.15, -0.1) is 17.8 Å². The molecule has 4 rings (SSSR count). The van der Waals surface area contributed by atoms with Crippen LogP contribution < -0.4 is 10.6 Å². The van der Waals surface area contributed by atoms with Crippen LogP contribution in [-0.4, -0.2) is 60.1 Å². The highest BCUT2D eigenvalue weighted by Gasteiger charge is 2.24. The van der Waals surface area contributed by atoms with E-state index < -0.39 is 0 Å². The van der Waals surface area contributed by atoms with Crippen molar-refractivity contribution in [2.45, 2.75) is 26.3 Å². The number of hydrogen-bond acceptors (Lipinski definition) is 8. The molecule has 3 aromatic heterocycles. The normalized spacial score (nSPS) is 11.8. The van der Waals surface area contributed by atoms with E-state index >= 15 is 0 Å². The Morgan fingerprint density at radius 1 is 0.875 bits per heavy atom. The van der Waals surface area contributed by atoms with E-state index in [0.717, 1.165) is 49.2 Å². The molecule has 0 radical (unpaired) electrons. The fraction of sp³-hybridized carbons (Fsp3) is 0.250. The molecule has 0 aromatic carbocycles. The topological polar surface area (TPSA) is 246 Å². The second kappa shape index (κ2) is 27.6. The number of amides is 2. The number of nitroso groups, excluding NO2 is 1. The fourth-order valence-corrected chi connectivity index (χ4v) is 4.14. The van der Waals surface area contributed by atoms with E-state index in [2.05, 4.69) is 162 Å². The number of terminal acetylenes is 2. The van der Waals surface area contributed by atoms with Crippen LogP contribution in [-0.2, 0) is 13.6 Å². The maximum Gasteiger partial charge on any atom is 0.317 e. The van der Waals surface area contributed by atoms with Gasteiger partial charge in [0.2, 0.25) is 5.95 Å². The lowest BCUT2D eigenvalue weighted by molar-refractivity contribution is 0.158. The lowest BCUT2D eigenvalue weighted by Gasteiger charge is -2.32. The summed E-state index contributed by atoms with van der Waals surface area (Å²) in [5, 5.41) is 36.3. The summed E-state index contributed by atoms with van der Waals surface area (Å²) in [6.07, 6.45) is 19.0. The van der Waals surface area contributed by atoms with Gasteiger partial charge in [-0.2, -0.15) is 20.7 Å². The number of piperidine rings is 1. The summed E-state index contributed by atoms with van der Waals surface area (Å²) in [6.45, 7) is 4.85. The lowest BCUT2D eigenvalue weighted by atomic mass is 9.98. The van der Waals surface area contributed by atoms with Crippen molar-refractivity contribution in [3.05, 3.63) is 29.7 Å². The van der Waals surface area contributed by atoms with Crippen molar-refractivity contribution in [1.82, 2.24) is 39.7 Å². The Hall–Kier alpha value is -9.13. The van der Waals surface area contributed by atoms with Gasteiger partial charge >= 0.3 is 6.03 Å². The number of nitrogens with zero attached hydrogens (tertiary/aromatic N) is 15. The van der Waals surface area contributed by atoms with Gasteiger partial charge in [0, 0.05) is 77.0 Å². The van der Waals surface area contributed by atoms with Gasteiger partial charge in [-0.25, -0.2) is 14.5 Å². The first-order chi connectivity index (χ1) is 27.4. The first-order valence-corrected chi connectivity index (χ1v) is 15.7. The standard InChI is InChI=1S/C18H25N9O.C18H2.HN9O.11H2/c1-3-19-18(28)26-6-4-5-13(10-26)11-27-16-14(8-22-27)7-20-17(24-16)23-15-9-21-25(2)12-15;1-3-5-7-9-11-13-15-17-18-16-14-12-10-8-6-4-2;1-2-3-4-5-6-7-8-9-10;;;;;;;;;;;/h7-9,12-13H,3-6,10-11H2,1-2H3,(H,19,28)(H,20,23,24);1-2H;1H;11*1H/b;;2-1?,4-3+,6-5+,8-7+;;;;;;;;;;;. The number of rotatable bonds is 9. The number of aryl methyl sites for hydroxylation is 1. The summed E-state index contributed by atoms with van der Waals surface area (Å²) >= 11 is 0. The van der Waals surface area contributed by atoms with Crippen molar-refractivity contribution in [1.29, 1.82) is 5.53 Å². The van der Waals surface area contributed by atoms with Gasteiger partial charge in [0.15, 0.2) is 5.65 Å². The third kappa shape index (κ3) is 18.2. The smallest absolute Gasteiger partial charge is 0.317 e. The average Bonchev–Trinajstić information content (AvgIpc) is 3.81. The van der Waals surface area contributed by atoms with Crippen LogP contribution in [0, 0.1) is 124 Å². The third-order valence-corrected chi connectivity index (χ3v) is 6.14. The molecule has 20 heteroatoms. The molecule has 0 saturated carbocycles. The van der Waals surface area contributed by atoms with E-state index in [-0.39, 0.29) is 21.7 Å². The largest absolute Gasteiger partial charge is 0.338 e. The predicted molar refractivity (Wildman–Crippen MR) is 226 cm³/mol. The van der Waals surface area contributed by atoms with E-state index in [9.17, 15) is 9.70 Å². The summed E-state index contributed by atoms with van der Waals surface area (Å²) < 4.78 is 3.63. The Labute approximate surface area is 338 Å². The summed E-state index contributed by atoms with van der Waals surface area (Å²) in [7, 11) is 1.86. The van der Waals surface area contributed by atoms with Gasteiger partial charge in [0.05, 0.1) is 23.5 Å². The fourth-order valence-electron chi connectivity index (χ4n) is 4.14. The molecule has 1 fully saturated rings. The molecule has 3 N–H and O–H groups in total. The van der Waals surface area contributed by atoms with E-state index in [1.807, 2.05) is 35.0 Å². The molecule has 1 unspecified atom stereocenters. The maximum atomic E-state index is 12.1. The molecular weight excluding hydrogens is 717 g/mol. The Kier molecular flexibility index (Phi) is 21.2. The van der Waals surface area contributed by atoms with E-state index in [0.29, 0.717) is 18.4 Å². The van der Waals surface area contributed by atoms with Crippen molar-refractivity contribution < 1.29 is 20.5 Å². The molecule has 1 aliphatic heterocycles. The number of nitrogens with one attached hydrogen (secondary N) is 3. The third-order valence-electron chi connectivity index (χ3n) is 6.14. The number of carbonyl (C=O) groups excluding carboxylic acids is 1. The molecule has 56 heavy (non-hydrogen) atoms. The molecule has 0 aliphatic carbocycles. The van der Waals surface area contributed by atoms with Crippen molar-refractivity contribution in [2.24, 2.45) is 54.8 Å². The maximum absolute atomic E-state index is 12.1. The van der Waals surface area contributed by atoms with Crippen molar-refractivity contribution >= 4 is 28.7 Å². The van der Waals surface area contributed by atoms with E-state index in [1.165, 1.54) is 0 Å². The van der Waals surface area contributed by atoms with Crippen LogP contribution in [0.3, 0.4) is 0 Å². The quantitative estimate of drug-likeness (QED) is 0.0939. The zero-order valence-electron chi connectivity index (χ0n) is 29.8. The zero-order valence-corrected chi connectivity index (χ0v) is 29.8. The van der Waals surface area contributed by atoms with Gasteiger partial charge in [-0.05, 0) is 141 Å². The SMILES string of the molecule is C#CC#CC#CC#CC#CC#CC#CC#CC#C.CCNC(=O)N1CCCC(Cn2ncc3cnc(Nc4cnn(C)c4)nc32)C1.N=N/N=N/N=N/N=N/N=O.[HH].[HH].[HH].[HH].[HH].[HH].[HH].[HH].[HH].[HH].[HH]. The van der Waals surface area contributed by atoms with Gasteiger partial charge in [0.25, 0.3) is 0 Å². The molecule has 20 nitrogen and oxygen atoms in total. The highest BCUT2D eigenvalue weighted by molar-refractivity contribution is 5.75. The number of aromatic nitrogens is 6. The number of likely N-dealkylation sites (tertiary alicyclic amines) is 1. The molecule has 1 aliphatic rings. The van der Waals surface area contributed by atoms with Crippen LogP contribution in [0.5, 0.6) is 0 Å². The minimum absolute atomic E-state index is 0. The summed E-state index contributed by atoms with van der Waals surface area (Å²) in [5.41, 5.74) is 7.68. The zero-order chi connectivity index (χ0) is 40.5. The molecule has 2 amide bonds. The number of anilines is 2. The first kappa shape index (κ1) is 43.0.